The third kappa shape index (κ3) is 4.88. The molecule has 1 amide bonds. The van der Waals surface area contributed by atoms with Crippen LogP contribution in [0, 0.1) is 6.92 Å². The van der Waals surface area contributed by atoms with E-state index < -0.39 is 19.9 Å². The zero-order valence-corrected chi connectivity index (χ0v) is 13.7. The molecule has 0 bridgehead atoms. The van der Waals surface area contributed by atoms with E-state index >= 15 is 0 Å². The molecule has 1 N–H and O–H groups in total. The molecular weight excluding hydrogens is 322 g/mol. The largest absolute Gasteiger partial charge is 0.349 e. The fraction of sp³-hybridized carbons (Fsp3) is 0.417. The fourth-order valence-electron chi connectivity index (χ4n) is 1.74. The lowest BCUT2D eigenvalue weighted by atomic mass is 10.1. The average molecular weight is 338 g/mol. The van der Waals surface area contributed by atoms with Crippen LogP contribution in [0.1, 0.15) is 22.8 Å². The molecule has 20 heavy (non-hydrogen) atoms. The van der Waals surface area contributed by atoms with Crippen molar-refractivity contribution in [1.29, 1.82) is 0 Å². The molecule has 112 valence electrons. The summed E-state index contributed by atoms with van der Waals surface area (Å²) in [4.78, 5) is 12.0. The maximum absolute atomic E-state index is 12.0. The summed E-state index contributed by atoms with van der Waals surface area (Å²) in [5.74, 6) is 0.0258. The predicted molar refractivity (Wildman–Crippen MR) is 80.1 cm³/mol. The van der Waals surface area contributed by atoms with Crippen molar-refractivity contribution in [2.24, 2.45) is 0 Å². The normalized spacial score (nSPS) is 14.6. The molecule has 0 fully saturated rings. The summed E-state index contributed by atoms with van der Waals surface area (Å²) in [6.45, 7) is 3.38. The van der Waals surface area contributed by atoms with Crippen molar-refractivity contribution < 1.29 is 17.4 Å². The van der Waals surface area contributed by atoms with Crippen molar-refractivity contribution in [3.63, 3.8) is 0 Å². The highest BCUT2D eigenvalue weighted by atomic mass is 35.7. The Hall–Kier alpha value is -0.920. The topological polar surface area (TPSA) is 80.3 Å². The molecule has 0 aliphatic heterocycles. The van der Waals surface area contributed by atoms with Gasteiger partial charge in [0, 0.05) is 45.1 Å². The Kier molecular flexibility index (Phi) is 5.73. The summed E-state index contributed by atoms with van der Waals surface area (Å²) in [6.07, 6.45) is 1.56. The lowest BCUT2D eigenvalue weighted by molar-refractivity contribution is 0.0943. The van der Waals surface area contributed by atoms with Crippen molar-refractivity contribution in [3.05, 3.63) is 29.3 Å². The maximum Gasteiger partial charge on any atom is 0.261 e. The summed E-state index contributed by atoms with van der Waals surface area (Å²) >= 11 is 0. The molecule has 0 aliphatic carbocycles. The third-order valence-electron chi connectivity index (χ3n) is 2.59. The number of rotatable bonds is 5. The molecule has 0 heterocycles. The smallest absolute Gasteiger partial charge is 0.261 e. The van der Waals surface area contributed by atoms with Crippen LogP contribution in [-0.2, 0) is 19.9 Å². The summed E-state index contributed by atoms with van der Waals surface area (Å²) in [5, 5.41) is 2.71. The van der Waals surface area contributed by atoms with Gasteiger partial charge in [0.2, 0.25) is 0 Å². The van der Waals surface area contributed by atoms with Crippen LogP contribution in [0.3, 0.4) is 0 Å². The first-order chi connectivity index (χ1) is 9.11. The second-order valence-electron chi connectivity index (χ2n) is 4.53. The van der Waals surface area contributed by atoms with Gasteiger partial charge in [0.1, 0.15) is 0 Å². The van der Waals surface area contributed by atoms with Crippen molar-refractivity contribution in [2.75, 3.05) is 12.0 Å². The second kappa shape index (κ2) is 6.69. The minimum absolute atomic E-state index is 0.0454. The molecular formula is C12H16ClNO4S2. The van der Waals surface area contributed by atoms with Crippen LogP contribution in [0.5, 0.6) is 0 Å². The van der Waals surface area contributed by atoms with Gasteiger partial charge >= 0.3 is 0 Å². The molecule has 0 spiro atoms. The molecule has 8 heteroatoms. The number of aryl methyl sites for hydroxylation is 1. The first kappa shape index (κ1) is 17.1. The van der Waals surface area contributed by atoms with E-state index in [1.165, 1.54) is 18.2 Å². The first-order valence-corrected chi connectivity index (χ1v) is 9.81. The first-order valence-electron chi connectivity index (χ1n) is 5.77. The summed E-state index contributed by atoms with van der Waals surface area (Å²) in [6, 6.07) is 3.81. The van der Waals surface area contributed by atoms with Gasteiger partial charge in [0.15, 0.2) is 0 Å². The quantitative estimate of drug-likeness (QED) is 0.824. The SMILES string of the molecule is Cc1cc(S(=O)(=O)Cl)ccc1C(=O)NC(C)CS(C)=O. The highest BCUT2D eigenvalue weighted by Crippen LogP contribution is 2.19. The van der Waals surface area contributed by atoms with Crippen molar-refractivity contribution >= 4 is 36.4 Å². The number of amides is 1. The standard InChI is InChI=1S/C12H16ClNO4S2/c1-8-6-10(20(13,17)18)4-5-11(8)12(15)14-9(2)7-19(3)16/h4-6,9H,7H2,1-3H3,(H,14,15). The number of carbonyl (C=O) groups excluding carboxylic acids is 1. The van der Waals surface area contributed by atoms with E-state index in [-0.39, 0.29) is 16.8 Å². The monoisotopic (exact) mass is 337 g/mol. The molecule has 1 aromatic carbocycles. The van der Waals surface area contributed by atoms with Crippen molar-refractivity contribution in [1.82, 2.24) is 5.32 Å². The van der Waals surface area contributed by atoms with Crippen LogP contribution in [-0.4, -0.2) is 36.6 Å². The Morgan fingerprint density at radius 1 is 1.45 bits per heavy atom. The third-order valence-corrected chi connectivity index (χ3v) is 4.91. The number of carbonyl (C=O) groups is 1. The van der Waals surface area contributed by atoms with Crippen molar-refractivity contribution in [2.45, 2.75) is 24.8 Å². The zero-order chi connectivity index (χ0) is 15.5. The van der Waals surface area contributed by atoms with Crippen LogP contribution in [0.15, 0.2) is 23.1 Å². The molecule has 0 saturated carbocycles. The molecule has 5 nitrogen and oxygen atoms in total. The molecule has 0 aliphatic rings. The molecule has 1 rings (SSSR count). The molecule has 2 atom stereocenters. The average Bonchev–Trinajstić information content (AvgIpc) is 2.25. The van der Waals surface area contributed by atoms with E-state index in [9.17, 15) is 17.4 Å². The van der Waals surface area contributed by atoms with E-state index in [4.69, 9.17) is 10.7 Å². The highest BCUT2D eigenvalue weighted by molar-refractivity contribution is 8.13. The van der Waals surface area contributed by atoms with Gasteiger partial charge in [0.25, 0.3) is 15.0 Å². The summed E-state index contributed by atoms with van der Waals surface area (Å²) < 4.78 is 33.5. The molecule has 0 radical (unpaired) electrons. The van der Waals surface area contributed by atoms with Crippen LogP contribution < -0.4 is 5.32 Å². The summed E-state index contributed by atoms with van der Waals surface area (Å²) in [7, 11) is 0.435. The van der Waals surface area contributed by atoms with Gasteiger partial charge in [-0.3, -0.25) is 9.00 Å². The van der Waals surface area contributed by atoms with Crippen LogP contribution >= 0.6 is 10.7 Å². The minimum Gasteiger partial charge on any atom is -0.349 e. The number of hydrogen-bond acceptors (Lipinski definition) is 4. The summed E-state index contributed by atoms with van der Waals surface area (Å²) in [5.41, 5.74) is 0.872. The maximum atomic E-state index is 12.0. The Balaban J connectivity index is 2.93. The number of nitrogens with one attached hydrogen (secondary N) is 1. The Bertz CT molecular complexity index is 643. The van der Waals surface area contributed by atoms with Gasteiger partial charge < -0.3 is 5.32 Å². The second-order valence-corrected chi connectivity index (χ2v) is 8.57. The van der Waals surface area contributed by atoms with Crippen molar-refractivity contribution in [3.8, 4) is 0 Å². The van der Waals surface area contributed by atoms with Gasteiger partial charge in [0.05, 0.1) is 4.90 Å². The van der Waals surface area contributed by atoms with E-state index in [0.717, 1.165) is 0 Å². The van der Waals surface area contributed by atoms with Gasteiger partial charge in [-0.15, -0.1) is 0 Å². The highest BCUT2D eigenvalue weighted by Gasteiger charge is 2.16. The fourth-order valence-corrected chi connectivity index (χ4v) is 3.36. The van der Waals surface area contributed by atoms with Crippen LogP contribution in [0.25, 0.3) is 0 Å². The van der Waals surface area contributed by atoms with Gasteiger partial charge in [-0.05, 0) is 37.6 Å². The number of benzene rings is 1. The Morgan fingerprint density at radius 2 is 2.05 bits per heavy atom. The molecule has 0 aromatic heterocycles. The number of halogens is 1. The lowest BCUT2D eigenvalue weighted by Gasteiger charge is -2.14. The molecule has 2 unspecified atom stereocenters. The Labute approximate surface area is 125 Å². The van der Waals surface area contributed by atoms with E-state index in [1.807, 2.05) is 0 Å². The minimum atomic E-state index is -3.81. The Morgan fingerprint density at radius 3 is 2.50 bits per heavy atom. The van der Waals surface area contributed by atoms with Crippen LogP contribution in [0.4, 0.5) is 0 Å². The molecule has 1 aromatic rings. The zero-order valence-electron chi connectivity index (χ0n) is 11.3. The molecule has 0 saturated heterocycles. The number of hydrogen-bond donors (Lipinski definition) is 1. The van der Waals surface area contributed by atoms with Crippen LogP contribution in [0.2, 0.25) is 0 Å². The van der Waals surface area contributed by atoms with Gasteiger partial charge in [-0.2, -0.15) is 0 Å². The van der Waals surface area contributed by atoms with E-state index in [0.29, 0.717) is 16.9 Å². The van der Waals surface area contributed by atoms with E-state index in [1.54, 1.807) is 20.1 Å². The lowest BCUT2D eigenvalue weighted by Crippen LogP contribution is -2.36. The van der Waals surface area contributed by atoms with E-state index in [2.05, 4.69) is 5.32 Å². The van der Waals surface area contributed by atoms with Gasteiger partial charge in [-0.1, -0.05) is 0 Å². The van der Waals surface area contributed by atoms with Gasteiger partial charge in [-0.25, -0.2) is 8.42 Å². The predicted octanol–water partition coefficient (Wildman–Crippen LogP) is 1.42.